The Balaban J connectivity index is 1.56. The van der Waals surface area contributed by atoms with Crippen LogP contribution in [0.5, 0.6) is 0 Å². The van der Waals surface area contributed by atoms with Gasteiger partial charge in [-0.3, -0.25) is 24.1 Å². The van der Waals surface area contributed by atoms with Crippen molar-refractivity contribution in [3.63, 3.8) is 0 Å². The molecule has 3 amide bonds. The molecule has 1 N–H and O–H groups in total. The van der Waals surface area contributed by atoms with Crippen molar-refractivity contribution in [1.29, 1.82) is 0 Å². The second kappa shape index (κ2) is 8.10. The molecule has 9 heteroatoms. The van der Waals surface area contributed by atoms with Crippen LogP contribution >= 0.6 is 11.6 Å². The van der Waals surface area contributed by atoms with Crippen LogP contribution in [0.3, 0.4) is 0 Å². The number of ether oxygens (including phenoxy) is 1. The van der Waals surface area contributed by atoms with E-state index < -0.39 is 54.0 Å². The number of anilines is 1. The first-order valence-electron chi connectivity index (χ1n) is 8.73. The van der Waals surface area contributed by atoms with Crippen LogP contribution in [0.4, 0.5) is 10.1 Å². The number of hydrogen-bond donors (Lipinski definition) is 1. The highest BCUT2D eigenvalue weighted by Gasteiger charge is 2.47. The SMILES string of the molecule is C[C@@H](OC(=O)CN1C(=O)[C@H]2CC=CC[C@H]2C1=O)C(=O)Nc1ccc(Cl)cc1F. The van der Waals surface area contributed by atoms with Gasteiger partial charge >= 0.3 is 5.97 Å². The zero-order valence-corrected chi connectivity index (χ0v) is 15.7. The maximum Gasteiger partial charge on any atom is 0.326 e. The average Bonchev–Trinajstić information content (AvgIpc) is 2.89. The molecule has 148 valence electrons. The predicted molar refractivity (Wildman–Crippen MR) is 97.7 cm³/mol. The van der Waals surface area contributed by atoms with Gasteiger partial charge in [0, 0.05) is 5.02 Å². The molecule has 1 aliphatic heterocycles. The van der Waals surface area contributed by atoms with Gasteiger partial charge in [-0.2, -0.15) is 0 Å². The van der Waals surface area contributed by atoms with Crippen molar-refractivity contribution in [2.24, 2.45) is 11.8 Å². The third-order valence-electron chi connectivity index (χ3n) is 4.75. The minimum Gasteiger partial charge on any atom is -0.451 e. The number of amides is 3. The van der Waals surface area contributed by atoms with Crippen LogP contribution in [-0.2, 0) is 23.9 Å². The smallest absolute Gasteiger partial charge is 0.326 e. The van der Waals surface area contributed by atoms with E-state index in [0.29, 0.717) is 12.8 Å². The Morgan fingerprint density at radius 3 is 2.43 bits per heavy atom. The van der Waals surface area contributed by atoms with Crippen molar-refractivity contribution in [1.82, 2.24) is 4.90 Å². The number of rotatable bonds is 5. The molecule has 0 spiro atoms. The molecule has 1 aromatic carbocycles. The van der Waals surface area contributed by atoms with Crippen LogP contribution in [0.2, 0.25) is 5.02 Å². The molecule has 1 heterocycles. The van der Waals surface area contributed by atoms with E-state index in [1.165, 1.54) is 19.1 Å². The highest BCUT2D eigenvalue weighted by Crippen LogP contribution is 2.34. The van der Waals surface area contributed by atoms with Crippen LogP contribution in [0.25, 0.3) is 0 Å². The summed E-state index contributed by atoms with van der Waals surface area (Å²) >= 11 is 5.65. The molecule has 0 bridgehead atoms. The molecule has 1 fully saturated rings. The number of benzene rings is 1. The minimum absolute atomic E-state index is 0.112. The summed E-state index contributed by atoms with van der Waals surface area (Å²) in [6.45, 7) is 0.746. The summed E-state index contributed by atoms with van der Waals surface area (Å²) in [4.78, 5) is 49.8. The number of allylic oxidation sites excluding steroid dienone is 2. The van der Waals surface area contributed by atoms with Gasteiger partial charge in [0.1, 0.15) is 12.4 Å². The van der Waals surface area contributed by atoms with Gasteiger partial charge < -0.3 is 10.1 Å². The van der Waals surface area contributed by atoms with Gasteiger partial charge in [0.25, 0.3) is 5.91 Å². The first-order chi connectivity index (χ1) is 13.3. The van der Waals surface area contributed by atoms with Crippen molar-refractivity contribution < 1.29 is 28.3 Å². The van der Waals surface area contributed by atoms with Crippen molar-refractivity contribution in [2.45, 2.75) is 25.9 Å². The van der Waals surface area contributed by atoms with E-state index >= 15 is 0 Å². The van der Waals surface area contributed by atoms with E-state index in [1.54, 1.807) is 0 Å². The summed E-state index contributed by atoms with van der Waals surface area (Å²) in [6, 6.07) is 3.71. The summed E-state index contributed by atoms with van der Waals surface area (Å²) in [6.07, 6.45) is 3.37. The quantitative estimate of drug-likeness (QED) is 0.458. The predicted octanol–water partition coefficient (Wildman–Crippen LogP) is 2.30. The monoisotopic (exact) mass is 408 g/mol. The molecule has 7 nitrogen and oxygen atoms in total. The number of esters is 1. The molecule has 0 unspecified atom stereocenters. The van der Waals surface area contributed by atoms with Gasteiger partial charge in [0.2, 0.25) is 11.8 Å². The van der Waals surface area contributed by atoms with Crippen molar-refractivity contribution in [3.05, 3.63) is 41.2 Å². The Labute approximate surface area is 165 Å². The third-order valence-corrected chi connectivity index (χ3v) is 4.99. The molecule has 2 aliphatic rings. The van der Waals surface area contributed by atoms with E-state index in [0.717, 1.165) is 11.0 Å². The largest absolute Gasteiger partial charge is 0.451 e. The number of fused-ring (bicyclic) bond motifs is 1. The molecule has 28 heavy (non-hydrogen) atoms. The standard InChI is InChI=1S/C19H18ClFN2O5/c1-10(17(25)22-15-7-6-11(20)8-14(15)21)28-16(24)9-23-18(26)12-4-2-3-5-13(12)19(23)27/h2-3,6-8,10,12-13H,4-5,9H2,1H3,(H,22,25)/t10-,12-,13+/m1/s1. The number of hydrogen-bond acceptors (Lipinski definition) is 5. The molecular weight excluding hydrogens is 391 g/mol. The number of imide groups is 1. The fourth-order valence-corrected chi connectivity index (χ4v) is 3.43. The number of halogens is 2. The number of carbonyl (C=O) groups excluding carboxylic acids is 4. The molecule has 3 atom stereocenters. The number of likely N-dealkylation sites (tertiary alicyclic amines) is 1. The molecule has 1 saturated heterocycles. The normalized spacial score (nSPS) is 22.0. The lowest BCUT2D eigenvalue weighted by atomic mass is 9.85. The van der Waals surface area contributed by atoms with Gasteiger partial charge in [0.05, 0.1) is 17.5 Å². The lowest BCUT2D eigenvalue weighted by molar-refractivity contribution is -0.158. The Kier molecular flexibility index (Phi) is 5.79. The fraction of sp³-hybridized carbons (Fsp3) is 0.368. The molecule has 1 aromatic rings. The number of nitrogens with zero attached hydrogens (tertiary/aromatic N) is 1. The van der Waals surface area contributed by atoms with Gasteiger partial charge in [-0.25, -0.2) is 4.39 Å². The van der Waals surface area contributed by atoms with Gasteiger partial charge in [0.15, 0.2) is 6.10 Å². The summed E-state index contributed by atoms with van der Waals surface area (Å²) in [7, 11) is 0. The Hall–Kier alpha value is -2.74. The van der Waals surface area contributed by atoms with Crippen LogP contribution in [0, 0.1) is 17.7 Å². The molecule has 0 radical (unpaired) electrons. The van der Waals surface area contributed by atoms with E-state index in [1.807, 2.05) is 12.2 Å². The average molecular weight is 409 g/mol. The zero-order valence-electron chi connectivity index (χ0n) is 15.0. The van der Waals surface area contributed by atoms with Crippen LogP contribution in [-0.4, -0.2) is 41.2 Å². The first kappa shape index (κ1) is 20.0. The van der Waals surface area contributed by atoms with Gasteiger partial charge in [-0.1, -0.05) is 23.8 Å². The van der Waals surface area contributed by atoms with Crippen LogP contribution < -0.4 is 5.32 Å². The van der Waals surface area contributed by atoms with Gasteiger partial charge in [-0.05, 0) is 38.0 Å². The Morgan fingerprint density at radius 1 is 1.25 bits per heavy atom. The highest BCUT2D eigenvalue weighted by atomic mass is 35.5. The van der Waals surface area contributed by atoms with E-state index in [4.69, 9.17) is 16.3 Å². The van der Waals surface area contributed by atoms with E-state index in [2.05, 4.69) is 5.32 Å². The van der Waals surface area contributed by atoms with Gasteiger partial charge in [-0.15, -0.1) is 0 Å². The summed E-state index contributed by atoms with van der Waals surface area (Å²) in [5.74, 6) is -4.09. The third kappa shape index (κ3) is 4.06. The summed E-state index contributed by atoms with van der Waals surface area (Å²) in [5, 5.41) is 2.46. The van der Waals surface area contributed by atoms with Crippen molar-refractivity contribution in [2.75, 3.05) is 11.9 Å². The lowest BCUT2D eigenvalue weighted by Gasteiger charge is -2.17. The highest BCUT2D eigenvalue weighted by molar-refractivity contribution is 6.30. The van der Waals surface area contributed by atoms with E-state index in [9.17, 15) is 23.6 Å². The molecule has 3 rings (SSSR count). The molecular formula is C19H18ClFN2O5. The minimum atomic E-state index is -1.25. The molecule has 1 aliphatic carbocycles. The van der Waals surface area contributed by atoms with Crippen LogP contribution in [0.15, 0.2) is 30.4 Å². The Bertz CT molecular complexity index is 846. The Morgan fingerprint density at radius 2 is 1.86 bits per heavy atom. The first-order valence-corrected chi connectivity index (χ1v) is 9.11. The zero-order chi connectivity index (χ0) is 20.4. The lowest BCUT2D eigenvalue weighted by Crippen LogP contribution is -2.39. The maximum absolute atomic E-state index is 13.7. The molecule has 0 saturated carbocycles. The van der Waals surface area contributed by atoms with E-state index in [-0.39, 0.29) is 10.7 Å². The maximum atomic E-state index is 13.7. The second-order valence-corrected chi connectivity index (χ2v) is 7.10. The number of carbonyl (C=O) groups is 4. The topological polar surface area (TPSA) is 92.8 Å². The van der Waals surface area contributed by atoms with Crippen LogP contribution in [0.1, 0.15) is 19.8 Å². The van der Waals surface area contributed by atoms with Crippen molar-refractivity contribution >= 4 is 41.0 Å². The molecule has 0 aromatic heterocycles. The second-order valence-electron chi connectivity index (χ2n) is 6.66. The summed E-state index contributed by atoms with van der Waals surface area (Å²) in [5.41, 5.74) is -0.112. The number of nitrogens with one attached hydrogen (secondary N) is 1. The fourth-order valence-electron chi connectivity index (χ4n) is 3.27. The summed E-state index contributed by atoms with van der Waals surface area (Å²) < 4.78 is 18.7. The van der Waals surface area contributed by atoms with Crippen molar-refractivity contribution in [3.8, 4) is 0 Å².